The summed E-state index contributed by atoms with van der Waals surface area (Å²) in [5.74, 6) is -0.0817. The van der Waals surface area contributed by atoms with Gasteiger partial charge in [-0.2, -0.15) is 0 Å². The van der Waals surface area contributed by atoms with Gasteiger partial charge in [0.15, 0.2) is 6.29 Å². The zero-order valence-corrected chi connectivity index (χ0v) is 18.3. The molecule has 0 aromatic rings. The summed E-state index contributed by atoms with van der Waals surface area (Å²) in [6.45, 7) is 1.73. The van der Waals surface area contributed by atoms with Crippen molar-refractivity contribution < 1.29 is 19.0 Å². The van der Waals surface area contributed by atoms with Crippen molar-refractivity contribution in [3.05, 3.63) is 12.2 Å². The fraction of sp³-hybridized carbons (Fsp3) is 0.875. The zero-order valence-electron chi connectivity index (χ0n) is 18.3. The summed E-state index contributed by atoms with van der Waals surface area (Å²) in [6.07, 6.45) is 24.9. The molecule has 0 aromatic carbocycles. The van der Waals surface area contributed by atoms with Crippen LogP contribution >= 0.6 is 0 Å². The van der Waals surface area contributed by atoms with E-state index >= 15 is 0 Å². The monoisotopic (exact) mass is 396 g/mol. The molecule has 1 saturated heterocycles. The number of carbonyl (C=O) groups is 1. The molecule has 1 aliphatic rings. The Hall–Kier alpha value is -0.870. The highest BCUT2D eigenvalue weighted by molar-refractivity contribution is 5.68. The third kappa shape index (κ3) is 16.1. The van der Waals surface area contributed by atoms with Gasteiger partial charge < -0.3 is 14.2 Å². The molecule has 1 rings (SSSR count). The molecule has 0 saturated carbocycles. The number of unbranched alkanes of at least 4 members (excludes halogenated alkanes) is 11. The van der Waals surface area contributed by atoms with Gasteiger partial charge in [0.2, 0.25) is 0 Å². The number of ether oxygens (including phenoxy) is 3. The number of allylic oxidation sites excluding steroid dienone is 2. The first-order valence-corrected chi connectivity index (χ1v) is 11.8. The van der Waals surface area contributed by atoms with E-state index in [9.17, 15) is 4.79 Å². The second-order valence-electron chi connectivity index (χ2n) is 7.93. The summed E-state index contributed by atoms with van der Waals surface area (Å²) < 4.78 is 16.0. The predicted octanol–water partition coefficient (Wildman–Crippen LogP) is 6.72. The van der Waals surface area contributed by atoms with Gasteiger partial charge in [-0.25, -0.2) is 0 Å². The maximum Gasteiger partial charge on any atom is 0.305 e. The molecule has 1 atom stereocenters. The number of carbonyl (C=O) groups excluding carboxylic acids is 1. The van der Waals surface area contributed by atoms with Gasteiger partial charge in [-0.1, -0.05) is 57.1 Å². The van der Waals surface area contributed by atoms with Crippen molar-refractivity contribution in [3.63, 3.8) is 0 Å². The number of hydrogen-bond donors (Lipinski definition) is 0. The molecular weight excluding hydrogens is 352 g/mol. The van der Waals surface area contributed by atoms with Crippen LogP contribution in [0.25, 0.3) is 0 Å². The fourth-order valence-corrected chi connectivity index (χ4v) is 3.53. The minimum absolute atomic E-state index is 0.0760. The zero-order chi connectivity index (χ0) is 20.1. The van der Waals surface area contributed by atoms with E-state index in [-0.39, 0.29) is 12.3 Å². The first-order valence-electron chi connectivity index (χ1n) is 11.8. The third-order valence-electron chi connectivity index (χ3n) is 5.35. The molecule has 1 unspecified atom stereocenters. The Labute approximate surface area is 173 Å². The highest BCUT2D eigenvalue weighted by Crippen LogP contribution is 2.15. The second kappa shape index (κ2) is 19.4. The van der Waals surface area contributed by atoms with Crippen molar-refractivity contribution in [1.29, 1.82) is 0 Å². The minimum Gasteiger partial charge on any atom is -0.469 e. The van der Waals surface area contributed by atoms with Crippen LogP contribution in [0.4, 0.5) is 0 Å². The average Bonchev–Trinajstić information content (AvgIpc) is 2.73. The van der Waals surface area contributed by atoms with Gasteiger partial charge in [-0.05, 0) is 57.8 Å². The molecule has 1 heterocycles. The minimum atomic E-state index is -0.0817. The van der Waals surface area contributed by atoms with Crippen molar-refractivity contribution >= 4 is 5.97 Å². The molecule has 4 heteroatoms. The van der Waals surface area contributed by atoms with Gasteiger partial charge in [0.25, 0.3) is 0 Å². The molecule has 164 valence electrons. The number of rotatable bonds is 18. The largest absolute Gasteiger partial charge is 0.469 e. The average molecular weight is 397 g/mol. The molecule has 0 aromatic heterocycles. The van der Waals surface area contributed by atoms with Crippen LogP contribution in [0.3, 0.4) is 0 Å². The van der Waals surface area contributed by atoms with Gasteiger partial charge in [0.1, 0.15) is 0 Å². The summed E-state index contributed by atoms with van der Waals surface area (Å²) in [7, 11) is 1.46. The summed E-state index contributed by atoms with van der Waals surface area (Å²) in [5, 5.41) is 0. The Kier molecular flexibility index (Phi) is 17.5. The molecule has 1 fully saturated rings. The highest BCUT2D eigenvalue weighted by atomic mass is 16.7. The van der Waals surface area contributed by atoms with Gasteiger partial charge in [-0.15, -0.1) is 0 Å². The standard InChI is InChI=1S/C24H44O4/c1-26-23(25)19-15-13-11-9-7-5-3-2-4-6-8-10-12-14-17-21-27-24-20-16-18-22-28-24/h2-3,24H,4-22H2,1H3/b3-2-. The van der Waals surface area contributed by atoms with Crippen molar-refractivity contribution in [2.24, 2.45) is 0 Å². The lowest BCUT2D eigenvalue weighted by molar-refractivity contribution is -0.162. The van der Waals surface area contributed by atoms with Crippen LogP contribution in [0, 0.1) is 0 Å². The van der Waals surface area contributed by atoms with Crippen LogP contribution in [0.1, 0.15) is 109 Å². The SMILES string of the molecule is COC(=O)CCCCCCC/C=C\CCCCCCCCOC1CCCCO1. The Bertz CT molecular complexity index is 375. The van der Waals surface area contributed by atoms with Gasteiger partial charge in [0, 0.05) is 19.6 Å². The molecule has 0 spiro atoms. The Morgan fingerprint density at radius 3 is 2.07 bits per heavy atom. The van der Waals surface area contributed by atoms with E-state index in [1.54, 1.807) is 0 Å². The van der Waals surface area contributed by atoms with E-state index in [0.29, 0.717) is 6.42 Å². The van der Waals surface area contributed by atoms with E-state index in [4.69, 9.17) is 9.47 Å². The normalized spacial score (nSPS) is 17.2. The Balaban J connectivity index is 1.71. The molecule has 0 amide bonds. The number of methoxy groups -OCH3 is 1. The summed E-state index contributed by atoms with van der Waals surface area (Å²) in [5.41, 5.74) is 0. The summed E-state index contributed by atoms with van der Waals surface area (Å²) >= 11 is 0. The van der Waals surface area contributed by atoms with E-state index in [1.165, 1.54) is 90.6 Å². The maximum absolute atomic E-state index is 11.0. The second-order valence-corrected chi connectivity index (χ2v) is 7.93. The van der Waals surface area contributed by atoms with Crippen LogP contribution in [0.5, 0.6) is 0 Å². The lowest BCUT2D eigenvalue weighted by atomic mass is 10.1. The van der Waals surface area contributed by atoms with E-state index in [0.717, 1.165) is 32.5 Å². The van der Waals surface area contributed by atoms with Crippen LogP contribution in [-0.4, -0.2) is 32.6 Å². The van der Waals surface area contributed by atoms with E-state index in [1.807, 2.05) is 0 Å². The van der Waals surface area contributed by atoms with Crippen LogP contribution < -0.4 is 0 Å². The lowest BCUT2D eigenvalue weighted by Gasteiger charge is -2.22. The topological polar surface area (TPSA) is 44.8 Å². The summed E-state index contributed by atoms with van der Waals surface area (Å²) in [6, 6.07) is 0. The Morgan fingerprint density at radius 1 is 0.857 bits per heavy atom. The van der Waals surface area contributed by atoms with Crippen LogP contribution in [0.2, 0.25) is 0 Å². The van der Waals surface area contributed by atoms with Crippen LogP contribution in [0.15, 0.2) is 12.2 Å². The first-order chi connectivity index (χ1) is 13.8. The third-order valence-corrected chi connectivity index (χ3v) is 5.35. The maximum atomic E-state index is 11.0. The molecule has 0 N–H and O–H groups in total. The van der Waals surface area contributed by atoms with Crippen molar-refractivity contribution in [2.45, 2.75) is 115 Å². The number of hydrogen-bond acceptors (Lipinski definition) is 4. The predicted molar refractivity (Wildman–Crippen MR) is 115 cm³/mol. The molecule has 1 aliphatic heterocycles. The first kappa shape index (κ1) is 25.2. The van der Waals surface area contributed by atoms with Gasteiger partial charge in [-0.3, -0.25) is 4.79 Å². The van der Waals surface area contributed by atoms with Crippen molar-refractivity contribution in [2.75, 3.05) is 20.3 Å². The Morgan fingerprint density at radius 2 is 1.46 bits per heavy atom. The highest BCUT2D eigenvalue weighted by Gasteiger charge is 2.13. The van der Waals surface area contributed by atoms with Crippen LogP contribution in [-0.2, 0) is 19.0 Å². The molecule has 0 aliphatic carbocycles. The van der Waals surface area contributed by atoms with Gasteiger partial charge in [0.05, 0.1) is 7.11 Å². The fourth-order valence-electron chi connectivity index (χ4n) is 3.53. The molecule has 0 bridgehead atoms. The number of esters is 1. The quantitative estimate of drug-likeness (QED) is 0.146. The summed E-state index contributed by atoms with van der Waals surface area (Å²) in [4.78, 5) is 11.0. The van der Waals surface area contributed by atoms with Gasteiger partial charge >= 0.3 is 5.97 Å². The smallest absolute Gasteiger partial charge is 0.305 e. The molecule has 4 nitrogen and oxygen atoms in total. The van der Waals surface area contributed by atoms with E-state index in [2.05, 4.69) is 16.9 Å². The molecule has 28 heavy (non-hydrogen) atoms. The van der Waals surface area contributed by atoms with E-state index < -0.39 is 0 Å². The molecular formula is C24H44O4. The lowest BCUT2D eigenvalue weighted by Crippen LogP contribution is -2.22. The van der Waals surface area contributed by atoms with Crippen molar-refractivity contribution in [3.8, 4) is 0 Å². The van der Waals surface area contributed by atoms with Crippen molar-refractivity contribution in [1.82, 2.24) is 0 Å². The molecule has 0 radical (unpaired) electrons.